The molecule has 0 atom stereocenters. The van der Waals surface area contributed by atoms with Crippen LogP contribution in [0.3, 0.4) is 0 Å². The Morgan fingerprint density at radius 3 is 2.42 bits per heavy atom. The second kappa shape index (κ2) is 5.57. The van der Waals surface area contributed by atoms with E-state index in [-0.39, 0.29) is 0 Å². The zero-order chi connectivity index (χ0) is 14.0. The molecule has 2 rings (SSSR count). The molecule has 1 aromatic heterocycles. The number of benzene rings is 1. The fourth-order valence-electron chi connectivity index (χ4n) is 2.25. The first-order valence-electron chi connectivity index (χ1n) is 6.39. The second-order valence-corrected chi connectivity index (χ2v) is 6.26. The van der Waals surface area contributed by atoms with Crippen LogP contribution in [-0.2, 0) is 6.42 Å². The van der Waals surface area contributed by atoms with Gasteiger partial charge in [-0.25, -0.2) is 4.79 Å². The maximum absolute atomic E-state index is 11.2. The molecule has 0 bridgehead atoms. The van der Waals surface area contributed by atoms with Crippen molar-refractivity contribution < 1.29 is 9.90 Å². The molecule has 0 aliphatic rings. The Bertz CT molecular complexity index is 579. The Morgan fingerprint density at radius 2 is 1.89 bits per heavy atom. The molecule has 1 heterocycles. The van der Waals surface area contributed by atoms with Crippen molar-refractivity contribution >= 4 is 17.3 Å². The summed E-state index contributed by atoms with van der Waals surface area (Å²) in [5.41, 5.74) is 3.54. The topological polar surface area (TPSA) is 37.3 Å². The van der Waals surface area contributed by atoms with E-state index < -0.39 is 5.97 Å². The largest absolute Gasteiger partial charge is 0.478 e. The van der Waals surface area contributed by atoms with E-state index in [2.05, 4.69) is 26.0 Å². The third kappa shape index (κ3) is 3.04. The molecule has 100 valence electrons. The molecular formula is C16H18O2S. The first-order chi connectivity index (χ1) is 8.99. The summed E-state index contributed by atoms with van der Waals surface area (Å²) in [6, 6.07) is 8.24. The highest BCUT2D eigenvalue weighted by atomic mass is 32.1. The first kappa shape index (κ1) is 13.8. The Balaban J connectivity index is 2.37. The van der Waals surface area contributed by atoms with Crippen molar-refractivity contribution in [2.75, 3.05) is 0 Å². The van der Waals surface area contributed by atoms with Crippen molar-refractivity contribution in [1.82, 2.24) is 0 Å². The zero-order valence-electron chi connectivity index (χ0n) is 11.4. The zero-order valence-corrected chi connectivity index (χ0v) is 12.3. The van der Waals surface area contributed by atoms with Crippen LogP contribution in [0.4, 0.5) is 0 Å². The van der Waals surface area contributed by atoms with Gasteiger partial charge in [-0.3, -0.25) is 0 Å². The lowest BCUT2D eigenvalue weighted by Gasteiger charge is -2.07. The van der Waals surface area contributed by atoms with Crippen LogP contribution in [0.25, 0.3) is 11.1 Å². The smallest absolute Gasteiger partial charge is 0.337 e. The van der Waals surface area contributed by atoms with E-state index in [0.717, 1.165) is 22.4 Å². The lowest BCUT2D eigenvalue weighted by Crippen LogP contribution is -1.97. The minimum Gasteiger partial charge on any atom is -0.478 e. The highest BCUT2D eigenvalue weighted by Crippen LogP contribution is 2.32. The number of carboxylic acid groups (broad SMARTS) is 1. The van der Waals surface area contributed by atoms with Gasteiger partial charge >= 0.3 is 5.97 Å². The summed E-state index contributed by atoms with van der Waals surface area (Å²) >= 11 is 1.49. The minimum absolute atomic E-state index is 0.402. The van der Waals surface area contributed by atoms with Gasteiger partial charge in [0.25, 0.3) is 0 Å². The van der Waals surface area contributed by atoms with Gasteiger partial charge in [0.2, 0.25) is 0 Å². The van der Waals surface area contributed by atoms with E-state index in [0.29, 0.717) is 11.5 Å². The van der Waals surface area contributed by atoms with Crippen molar-refractivity contribution in [3.8, 4) is 11.1 Å². The Kier molecular flexibility index (Phi) is 4.05. The number of hydrogen-bond acceptors (Lipinski definition) is 2. The summed E-state index contributed by atoms with van der Waals surface area (Å²) in [5, 5.41) is 10.9. The number of carboxylic acids is 1. The Hall–Kier alpha value is -1.61. The molecule has 2 aromatic rings. The summed E-state index contributed by atoms with van der Waals surface area (Å²) in [6.07, 6.45) is 1.05. The summed E-state index contributed by atoms with van der Waals surface area (Å²) in [7, 11) is 0. The number of aryl methyl sites for hydroxylation is 1. The van der Waals surface area contributed by atoms with Crippen molar-refractivity contribution in [3.63, 3.8) is 0 Å². The third-order valence-corrected chi connectivity index (χ3v) is 4.00. The van der Waals surface area contributed by atoms with Gasteiger partial charge < -0.3 is 5.11 Å². The van der Waals surface area contributed by atoms with Crippen LogP contribution in [-0.4, -0.2) is 11.1 Å². The number of carbonyl (C=O) groups is 1. The van der Waals surface area contributed by atoms with Crippen LogP contribution >= 0.6 is 11.3 Å². The van der Waals surface area contributed by atoms with E-state index in [1.54, 1.807) is 5.38 Å². The SMILES string of the molecule is Cc1scc(C(=O)O)c1-c1ccc(CC(C)C)cc1. The number of hydrogen-bond donors (Lipinski definition) is 1. The maximum atomic E-state index is 11.2. The number of thiophene rings is 1. The van der Waals surface area contributed by atoms with E-state index in [4.69, 9.17) is 0 Å². The summed E-state index contributed by atoms with van der Waals surface area (Å²) in [5.74, 6) is -0.228. The molecular weight excluding hydrogens is 256 g/mol. The van der Waals surface area contributed by atoms with Gasteiger partial charge in [0.1, 0.15) is 0 Å². The molecule has 0 aliphatic carbocycles. The molecule has 19 heavy (non-hydrogen) atoms. The van der Waals surface area contributed by atoms with Crippen molar-refractivity contribution in [1.29, 1.82) is 0 Å². The molecule has 0 aliphatic heterocycles. The molecule has 0 radical (unpaired) electrons. The lowest BCUT2D eigenvalue weighted by molar-refractivity contribution is 0.0698. The van der Waals surface area contributed by atoms with Crippen LogP contribution < -0.4 is 0 Å². The standard InChI is InChI=1S/C16H18O2S/c1-10(2)8-12-4-6-13(7-5-12)15-11(3)19-9-14(15)16(17)18/h4-7,9-10H,8H2,1-3H3,(H,17,18). The summed E-state index contributed by atoms with van der Waals surface area (Å²) in [4.78, 5) is 12.3. The maximum Gasteiger partial charge on any atom is 0.337 e. The predicted octanol–water partition coefficient (Wildman–Crippen LogP) is 4.62. The number of rotatable bonds is 4. The summed E-state index contributed by atoms with van der Waals surface area (Å²) in [6.45, 7) is 6.35. The van der Waals surface area contributed by atoms with E-state index >= 15 is 0 Å². The fraction of sp³-hybridized carbons (Fsp3) is 0.312. The molecule has 3 heteroatoms. The van der Waals surface area contributed by atoms with E-state index in [1.807, 2.05) is 19.1 Å². The van der Waals surface area contributed by atoms with Gasteiger partial charge in [-0.05, 0) is 30.4 Å². The molecule has 0 unspecified atom stereocenters. The first-order valence-corrected chi connectivity index (χ1v) is 7.27. The molecule has 1 N–H and O–H groups in total. The van der Waals surface area contributed by atoms with Gasteiger partial charge in [0, 0.05) is 15.8 Å². The molecule has 0 spiro atoms. The molecule has 0 saturated carbocycles. The lowest BCUT2D eigenvalue weighted by atomic mass is 9.97. The third-order valence-electron chi connectivity index (χ3n) is 3.09. The van der Waals surface area contributed by atoms with Crippen molar-refractivity contribution in [2.24, 2.45) is 5.92 Å². The average molecular weight is 274 g/mol. The van der Waals surface area contributed by atoms with Crippen LogP contribution in [0.5, 0.6) is 0 Å². The molecule has 2 nitrogen and oxygen atoms in total. The van der Waals surface area contributed by atoms with Crippen LogP contribution in [0, 0.1) is 12.8 Å². The summed E-state index contributed by atoms with van der Waals surface area (Å²) < 4.78 is 0. The normalized spacial score (nSPS) is 10.9. The second-order valence-electron chi connectivity index (χ2n) is 5.18. The van der Waals surface area contributed by atoms with Crippen molar-refractivity contribution in [2.45, 2.75) is 27.2 Å². The van der Waals surface area contributed by atoms with Crippen molar-refractivity contribution in [3.05, 3.63) is 45.6 Å². The van der Waals surface area contributed by atoms with E-state index in [1.165, 1.54) is 16.9 Å². The molecule has 1 aromatic carbocycles. The monoisotopic (exact) mass is 274 g/mol. The molecule has 0 saturated heterocycles. The van der Waals surface area contributed by atoms with Crippen LogP contribution in [0.1, 0.15) is 34.6 Å². The minimum atomic E-state index is -0.856. The molecule has 0 amide bonds. The Morgan fingerprint density at radius 1 is 1.26 bits per heavy atom. The highest BCUT2D eigenvalue weighted by Gasteiger charge is 2.16. The average Bonchev–Trinajstić information content (AvgIpc) is 2.71. The van der Waals surface area contributed by atoms with Gasteiger partial charge in [0.05, 0.1) is 5.56 Å². The molecule has 0 fully saturated rings. The van der Waals surface area contributed by atoms with Gasteiger partial charge in [-0.1, -0.05) is 38.1 Å². The van der Waals surface area contributed by atoms with Gasteiger partial charge in [-0.15, -0.1) is 11.3 Å². The van der Waals surface area contributed by atoms with Crippen LogP contribution in [0.2, 0.25) is 0 Å². The quantitative estimate of drug-likeness (QED) is 0.883. The van der Waals surface area contributed by atoms with Gasteiger partial charge in [0.15, 0.2) is 0 Å². The van der Waals surface area contributed by atoms with Crippen LogP contribution in [0.15, 0.2) is 29.6 Å². The fourth-order valence-corrected chi connectivity index (χ4v) is 3.11. The number of aromatic carboxylic acids is 1. The predicted molar refractivity (Wildman–Crippen MR) is 80.0 cm³/mol. The highest BCUT2D eigenvalue weighted by molar-refractivity contribution is 7.10. The van der Waals surface area contributed by atoms with Gasteiger partial charge in [-0.2, -0.15) is 0 Å². The Labute approximate surface area is 117 Å². The van der Waals surface area contributed by atoms with E-state index in [9.17, 15) is 9.90 Å².